The van der Waals surface area contributed by atoms with Crippen LogP contribution in [0.4, 0.5) is 0 Å². The summed E-state index contributed by atoms with van der Waals surface area (Å²) >= 11 is 0. The second-order valence-electron chi connectivity index (χ2n) is 6.58. The standard InChI is InChI=1S/C19H25N5O2/c1-15-21-8-5-17(22-15)18-14-24(10-11-26-18)19(25)6-9-23(2)13-16-4-3-7-20-12-16/h3-5,7-8,12,18H,6,9-11,13-14H2,1-2H3/t18-/m0/s1. The summed E-state index contributed by atoms with van der Waals surface area (Å²) in [5, 5.41) is 0. The highest BCUT2D eigenvalue weighted by Gasteiger charge is 2.26. The van der Waals surface area contributed by atoms with E-state index in [9.17, 15) is 4.79 Å². The van der Waals surface area contributed by atoms with Crippen LogP contribution >= 0.6 is 0 Å². The highest BCUT2D eigenvalue weighted by atomic mass is 16.5. The maximum Gasteiger partial charge on any atom is 0.224 e. The van der Waals surface area contributed by atoms with E-state index in [0.717, 1.165) is 17.8 Å². The van der Waals surface area contributed by atoms with Crippen molar-refractivity contribution >= 4 is 5.91 Å². The maximum absolute atomic E-state index is 12.6. The minimum Gasteiger partial charge on any atom is -0.368 e. The number of nitrogens with zero attached hydrogens (tertiary/aromatic N) is 5. The largest absolute Gasteiger partial charge is 0.368 e. The summed E-state index contributed by atoms with van der Waals surface area (Å²) in [7, 11) is 2.02. The third-order valence-corrected chi connectivity index (χ3v) is 4.43. The number of aryl methyl sites for hydroxylation is 1. The Balaban J connectivity index is 1.49. The van der Waals surface area contributed by atoms with Crippen LogP contribution in [0.3, 0.4) is 0 Å². The van der Waals surface area contributed by atoms with E-state index >= 15 is 0 Å². The van der Waals surface area contributed by atoms with E-state index in [0.29, 0.717) is 38.5 Å². The molecule has 1 amide bonds. The molecule has 3 rings (SSSR count). The molecule has 0 aliphatic carbocycles. The Morgan fingerprint density at radius 3 is 3.04 bits per heavy atom. The molecule has 1 fully saturated rings. The molecule has 2 aromatic heterocycles. The molecule has 0 spiro atoms. The fourth-order valence-electron chi connectivity index (χ4n) is 3.04. The quantitative estimate of drug-likeness (QED) is 0.784. The average Bonchev–Trinajstić information content (AvgIpc) is 2.67. The van der Waals surface area contributed by atoms with Crippen molar-refractivity contribution in [1.29, 1.82) is 0 Å². The summed E-state index contributed by atoms with van der Waals surface area (Å²) in [6.07, 6.45) is 5.67. The van der Waals surface area contributed by atoms with Crippen molar-refractivity contribution in [2.24, 2.45) is 0 Å². The Bertz CT molecular complexity index is 725. The Kier molecular flexibility index (Phi) is 6.25. The average molecular weight is 355 g/mol. The van der Waals surface area contributed by atoms with Crippen molar-refractivity contribution in [2.45, 2.75) is 26.0 Å². The van der Waals surface area contributed by atoms with E-state index in [1.54, 1.807) is 12.4 Å². The molecular formula is C19H25N5O2. The molecule has 1 atom stereocenters. The number of ether oxygens (including phenoxy) is 1. The number of carbonyl (C=O) groups excluding carboxylic acids is 1. The van der Waals surface area contributed by atoms with Crippen molar-refractivity contribution in [3.63, 3.8) is 0 Å². The zero-order valence-electron chi connectivity index (χ0n) is 15.3. The molecule has 7 nitrogen and oxygen atoms in total. The minimum absolute atomic E-state index is 0.155. The van der Waals surface area contributed by atoms with Gasteiger partial charge in [-0.15, -0.1) is 0 Å². The molecular weight excluding hydrogens is 330 g/mol. The molecule has 7 heteroatoms. The van der Waals surface area contributed by atoms with Crippen LogP contribution in [0.2, 0.25) is 0 Å². The zero-order valence-corrected chi connectivity index (χ0v) is 15.3. The predicted octanol–water partition coefficient (Wildman–Crippen LogP) is 1.60. The maximum atomic E-state index is 12.6. The Labute approximate surface area is 154 Å². The molecule has 0 N–H and O–H groups in total. The number of hydrogen-bond acceptors (Lipinski definition) is 6. The van der Waals surface area contributed by atoms with E-state index < -0.39 is 0 Å². The van der Waals surface area contributed by atoms with Crippen LogP contribution in [0.5, 0.6) is 0 Å². The van der Waals surface area contributed by atoms with Crippen LogP contribution in [0.1, 0.15) is 29.6 Å². The molecule has 1 aliphatic heterocycles. The first-order valence-corrected chi connectivity index (χ1v) is 8.88. The van der Waals surface area contributed by atoms with Crippen LogP contribution in [-0.4, -0.2) is 63.9 Å². The van der Waals surface area contributed by atoms with E-state index in [1.165, 1.54) is 0 Å². The van der Waals surface area contributed by atoms with Crippen molar-refractivity contribution in [2.75, 3.05) is 33.3 Å². The van der Waals surface area contributed by atoms with Crippen LogP contribution in [0.25, 0.3) is 0 Å². The SMILES string of the molecule is Cc1nccc([C@@H]2CN(C(=O)CCN(C)Cc3cccnc3)CCO2)n1. The van der Waals surface area contributed by atoms with Crippen LogP contribution in [0.15, 0.2) is 36.8 Å². The van der Waals surface area contributed by atoms with Gasteiger partial charge in [-0.2, -0.15) is 0 Å². The first-order chi connectivity index (χ1) is 12.6. The highest BCUT2D eigenvalue weighted by molar-refractivity contribution is 5.76. The summed E-state index contributed by atoms with van der Waals surface area (Å²) < 4.78 is 5.80. The van der Waals surface area contributed by atoms with Gasteiger partial charge >= 0.3 is 0 Å². The third kappa shape index (κ3) is 5.06. The zero-order chi connectivity index (χ0) is 18.4. The van der Waals surface area contributed by atoms with Crippen molar-refractivity contribution in [3.8, 4) is 0 Å². The molecule has 0 aromatic carbocycles. The number of rotatable bonds is 6. The van der Waals surface area contributed by atoms with Crippen LogP contribution in [0, 0.1) is 6.92 Å². The summed E-state index contributed by atoms with van der Waals surface area (Å²) in [4.78, 5) is 29.3. The van der Waals surface area contributed by atoms with Gasteiger partial charge in [0.15, 0.2) is 0 Å². The van der Waals surface area contributed by atoms with Gasteiger partial charge in [0.1, 0.15) is 11.9 Å². The van der Waals surface area contributed by atoms with Crippen molar-refractivity contribution < 1.29 is 9.53 Å². The fourth-order valence-corrected chi connectivity index (χ4v) is 3.04. The van der Waals surface area contributed by atoms with Crippen molar-refractivity contribution in [1.82, 2.24) is 24.8 Å². The summed E-state index contributed by atoms with van der Waals surface area (Å²) in [6, 6.07) is 5.83. The molecule has 0 unspecified atom stereocenters. The van der Waals surface area contributed by atoms with Gasteiger partial charge in [0.25, 0.3) is 0 Å². The summed E-state index contributed by atoms with van der Waals surface area (Å²) in [6.45, 7) is 5.06. The van der Waals surface area contributed by atoms with Crippen molar-refractivity contribution in [3.05, 3.63) is 53.9 Å². The highest BCUT2D eigenvalue weighted by Crippen LogP contribution is 2.20. The topological polar surface area (TPSA) is 71.5 Å². The molecule has 0 bridgehead atoms. The van der Waals surface area contributed by atoms with E-state index in [2.05, 4.69) is 19.9 Å². The second-order valence-corrected chi connectivity index (χ2v) is 6.58. The molecule has 138 valence electrons. The van der Waals surface area contributed by atoms with Gasteiger partial charge in [-0.3, -0.25) is 9.78 Å². The van der Waals surface area contributed by atoms with Gasteiger partial charge in [-0.25, -0.2) is 9.97 Å². The van der Waals surface area contributed by atoms with Gasteiger partial charge in [-0.1, -0.05) is 6.07 Å². The number of pyridine rings is 1. The molecule has 26 heavy (non-hydrogen) atoms. The van der Waals surface area contributed by atoms with Gasteiger partial charge in [0.05, 0.1) is 18.8 Å². The normalized spacial score (nSPS) is 17.5. The first kappa shape index (κ1) is 18.4. The monoisotopic (exact) mass is 355 g/mol. The first-order valence-electron chi connectivity index (χ1n) is 8.88. The molecule has 0 radical (unpaired) electrons. The number of morpholine rings is 1. The lowest BCUT2D eigenvalue weighted by molar-refractivity contribution is -0.139. The van der Waals surface area contributed by atoms with Gasteiger partial charge in [0, 0.05) is 44.6 Å². The Morgan fingerprint density at radius 1 is 1.38 bits per heavy atom. The number of hydrogen-bond donors (Lipinski definition) is 0. The molecule has 3 heterocycles. The lowest BCUT2D eigenvalue weighted by Gasteiger charge is -2.33. The summed E-state index contributed by atoms with van der Waals surface area (Å²) in [5.41, 5.74) is 1.98. The van der Waals surface area contributed by atoms with Crippen LogP contribution in [-0.2, 0) is 16.1 Å². The van der Waals surface area contributed by atoms with E-state index in [1.807, 2.05) is 43.3 Å². The Hall–Kier alpha value is -2.38. The summed E-state index contributed by atoms with van der Waals surface area (Å²) in [5.74, 6) is 0.869. The lowest BCUT2D eigenvalue weighted by atomic mass is 10.2. The number of carbonyl (C=O) groups is 1. The smallest absolute Gasteiger partial charge is 0.224 e. The third-order valence-electron chi connectivity index (χ3n) is 4.43. The molecule has 2 aromatic rings. The Morgan fingerprint density at radius 2 is 2.27 bits per heavy atom. The number of aromatic nitrogens is 3. The molecule has 0 saturated carbocycles. The van der Waals surface area contributed by atoms with E-state index in [4.69, 9.17) is 4.74 Å². The lowest BCUT2D eigenvalue weighted by Crippen LogP contribution is -2.43. The molecule has 1 aliphatic rings. The van der Waals surface area contributed by atoms with E-state index in [-0.39, 0.29) is 12.0 Å². The van der Waals surface area contributed by atoms with Gasteiger partial charge in [-0.05, 0) is 31.7 Å². The predicted molar refractivity (Wildman–Crippen MR) is 97.2 cm³/mol. The molecule has 1 saturated heterocycles. The minimum atomic E-state index is -0.178. The fraction of sp³-hybridized carbons (Fsp3) is 0.474. The van der Waals surface area contributed by atoms with Gasteiger partial charge in [0.2, 0.25) is 5.91 Å². The number of amides is 1. The van der Waals surface area contributed by atoms with Gasteiger partial charge < -0.3 is 14.5 Å². The van der Waals surface area contributed by atoms with Crippen LogP contribution < -0.4 is 0 Å². The second kappa shape index (κ2) is 8.82.